The van der Waals surface area contributed by atoms with Crippen LogP contribution in [0, 0.1) is 6.92 Å². The van der Waals surface area contributed by atoms with Crippen LogP contribution in [0.4, 0.5) is 0 Å². The van der Waals surface area contributed by atoms with E-state index in [0.29, 0.717) is 0 Å². The van der Waals surface area contributed by atoms with Gasteiger partial charge in [0.2, 0.25) is 0 Å². The highest BCUT2D eigenvalue weighted by atomic mass is 79.9. The van der Waals surface area contributed by atoms with E-state index in [9.17, 15) is 0 Å². The first kappa shape index (κ1) is 10.5. The average Bonchev–Trinajstić information content (AvgIpc) is 2.68. The summed E-state index contributed by atoms with van der Waals surface area (Å²) in [5.74, 6) is 0.915. The number of imidazole rings is 1. The zero-order valence-electron chi connectivity index (χ0n) is 9.26. The Bertz CT molecular complexity index is 688. The highest BCUT2D eigenvalue weighted by molar-refractivity contribution is 9.10. The van der Waals surface area contributed by atoms with Gasteiger partial charge in [-0.15, -0.1) is 0 Å². The van der Waals surface area contributed by atoms with Gasteiger partial charge >= 0.3 is 0 Å². The first-order valence-electron chi connectivity index (χ1n) is 5.32. The second-order valence-corrected chi connectivity index (χ2v) is 4.61. The lowest BCUT2D eigenvalue weighted by atomic mass is 10.1. The third-order valence-corrected chi connectivity index (χ3v) is 3.28. The topological polar surface area (TPSA) is 30.2 Å². The SMILES string of the molecule is Cc1ccccc1-c1nc(Br)c2ncccn12. The number of aryl methyl sites for hydroxylation is 1. The van der Waals surface area contributed by atoms with E-state index in [0.717, 1.165) is 21.6 Å². The molecule has 0 fully saturated rings. The van der Waals surface area contributed by atoms with Crippen molar-refractivity contribution < 1.29 is 0 Å². The molecule has 17 heavy (non-hydrogen) atoms. The minimum Gasteiger partial charge on any atom is -0.283 e. The Morgan fingerprint density at radius 2 is 2.00 bits per heavy atom. The second kappa shape index (κ2) is 3.96. The van der Waals surface area contributed by atoms with Gasteiger partial charge in [-0.2, -0.15) is 0 Å². The van der Waals surface area contributed by atoms with Gasteiger partial charge in [-0.05, 0) is 34.5 Å². The van der Waals surface area contributed by atoms with Gasteiger partial charge in [-0.3, -0.25) is 4.40 Å². The monoisotopic (exact) mass is 287 g/mol. The standard InChI is InChI=1S/C13H10BrN3/c1-9-5-2-3-6-10(9)12-16-11(14)13-15-7-4-8-17(12)13/h2-8H,1H3. The van der Waals surface area contributed by atoms with Crippen molar-refractivity contribution in [1.82, 2.24) is 14.4 Å². The van der Waals surface area contributed by atoms with Gasteiger partial charge < -0.3 is 0 Å². The molecule has 0 saturated carbocycles. The highest BCUT2D eigenvalue weighted by Gasteiger charge is 2.12. The van der Waals surface area contributed by atoms with Crippen LogP contribution in [0.1, 0.15) is 5.56 Å². The van der Waals surface area contributed by atoms with Crippen molar-refractivity contribution in [3.05, 3.63) is 52.9 Å². The number of fused-ring (bicyclic) bond motifs is 1. The number of hydrogen-bond donors (Lipinski definition) is 0. The van der Waals surface area contributed by atoms with E-state index in [1.165, 1.54) is 5.56 Å². The largest absolute Gasteiger partial charge is 0.283 e. The summed E-state index contributed by atoms with van der Waals surface area (Å²) >= 11 is 3.45. The van der Waals surface area contributed by atoms with Gasteiger partial charge in [0, 0.05) is 18.0 Å². The molecule has 0 N–H and O–H groups in total. The van der Waals surface area contributed by atoms with Crippen LogP contribution in [0.5, 0.6) is 0 Å². The van der Waals surface area contributed by atoms with E-state index in [2.05, 4.69) is 45.0 Å². The molecule has 3 rings (SSSR count). The zero-order valence-corrected chi connectivity index (χ0v) is 10.8. The fourth-order valence-corrected chi connectivity index (χ4v) is 2.37. The quantitative estimate of drug-likeness (QED) is 0.686. The van der Waals surface area contributed by atoms with Crippen LogP contribution in [-0.4, -0.2) is 14.4 Å². The molecule has 2 heterocycles. The van der Waals surface area contributed by atoms with Gasteiger partial charge in [-0.1, -0.05) is 24.3 Å². The van der Waals surface area contributed by atoms with Crippen LogP contribution in [0.15, 0.2) is 47.3 Å². The van der Waals surface area contributed by atoms with E-state index in [-0.39, 0.29) is 0 Å². The molecule has 0 aliphatic carbocycles. The lowest BCUT2D eigenvalue weighted by molar-refractivity contribution is 1.11. The second-order valence-electron chi connectivity index (χ2n) is 3.85. The molecule has 2 aromatic heterocycles. The number of rotatable bonds is 1. The van der Waals surface area contributed by atoms with Crippen molar-refractivity contribution in [2.45, 2.75) is 6.92 Å². The minimum absolute atomic E-state index is 0.774. The Kier molecular flexibility index (Phi) is 2.44. The summed E-state index contributed by atoms with van der Waals surface area (Å²) in [6.07, 6.45) is 3.74. The van der Waals surface area contributed by atoms with Gasteiger partial charge in [0.1, 0.15) is 5.82 Å². The number of nitrogens with zero attached hydrogens (tertiary/aromatic N) is 3. The molecular formula is C13H10BrN3. The average molecular weight is 288 g/mol. The van der Waals surface area contributed by atoms with Crippen LogP contribution >= 0.6 is 15.9 Å². The molecule has 0 aliphatic heterocycles. The molecule has 0 bridgehead atoms. The lowest BCUT2D eigenvalue weighted by Crippen LogP contribution is -1.91. The highest BCUT2D eigenvalue weighted by Crippen LogP contribution is 2.26. The maximum absolute atomic E-state index is 4.54. The number of hydrogen-bond acceptors (Lipinski definition) is 2. The molecule has 0 aliphatic rings. The van der Waals surface area contributed by atoms with E-state index < -0.39 is 0 Å². The summed E-state index contributed by atoms with van der Waals surface area (Å²) in [5, 5.41) is 0. The third-order valence-electron chi connectivity index (χ3n) is 2.75. The fraction of sp³-hybridized carbons (Fsp3) is 0.0769. The smallest absolute Gasteiger partial charge is 0.171 e. The maximum atomic E-state index is 4.54. The molecule has 3 aromatic rings. The third kappa shape index (κ3) is 1.65. The van der Waals surface area contributed by atoms with E-state index in [1.54, 1.807) is 6.20 Å². The molecular weight excluding hydrogens is 278 g/mol. The van der Waals surface area contributed by atoms with Crippen molar-refractivity contribution in [3.63, 3.8) is 0 Å². The van der Waals surface area contributed by atoms with E-state index >= 15 is 0 Å². The predicted molar refractivity (Wildman–Crippen MR) is 70.9 cm³/mol. The molecule has 3 nitrogen and oxygen atoms in total. The van der Waals surface area contributed by atoms with Crippen LogP contribution in [0.25, 0.3) is 17.0 Å². The van der Waals surface area contributed by atoms with Crippen LogP contribution in [0.2, 0.25) is 0 Å². The number of halogens is 1. The van der Waals surface area contributed by atoms with Gasteiger partial charge in [-0.25, -0.2) is 9.97 Å². The molecule has 0 atom stereocenters. The van der Waals surface area contributed by atoms with Gasteiger partial charge in [0.25, 0.3) is 0 Å². The van der Waals surface area contributed by atoms with Crippen LogP contribution in [-0.2, 0) is 0 Å². The van der Waals surface area contributed by atoms with E-state index in [1.807, 2.05) is 28.8 Å². The summed E-state index contributed by atoms with van der Waals surface area (Å²) in [4.78, 5) is 8.85. The molecule has 0 radical (unpaired) electrons. The molecule has 0 saturated heterocycles. The summed E-state index contributed by atoms with van der Waals surface area (Å²) in [7, 11) is 0. The summed E-state index contributed by atoms with van der Waals surface area (Å²) in [5.41, 5.74) is 3.17. The molecule has 0 amide bonds. The Labute approximate surface area is 107 Å². The van der Waals surface area contributed by atoms with Crippen molar-refractivity contribution >= 4 is 21.6 Å². The Morgan fingerprint density at radius 3 is 2.82 bits per heavy atom. The van der Waals surface area contributed by atoms with Crippen molar-refractivity contribution in [3.8, 4) is 11.4 Å². The van der Waals surface area contributed by atoms with Crippen molar-refractivity contribution in [1.29, 1.82) is 0 Å². The molecule has 84 valence electrons. The van der Waals surface area contributed by atoms with Crippen molar-refractivity contribution in [2.24, 2.45) is 0 Å². The van der Waals surface area contributed by atoms with Crippen molar-refractivity contribution in [2.75, 3.05) is 0 Å². The fourth-order valence-electron chi connectivity index (χ4n) is 1.91. The predicted octanol–water partition coefficient (Wildman–Crippen LogP) is 3.47. The molecule has 1 aromatic carbocycles. The minimum atomic E-state index is 0.774. The number of aromatic nitrogens is 3. The Balaban J connectivity index is 2.35. The van der Waals surface area contributed by atoms with Crippen LogP contribution < -0.4 is 0 Å². The lowest BCUT2D eigenvalue weighted by Gasteiger charge is -2.03. The normalized spacial score (nSPS) is 10.9. The number of benzene rings is 1. The summed E-state index contributed by atoms with van der Waals surface area (Å²) in [6, 6.07) is 10.1. The Hall–Kier alpha value is -1.68. The summed E-state index contributed by atoms with van der Waals surface area (Å²) < 4.78 is 2.77. The molecule has 0 unspecified atom stereocenters. The maximum Gasteiger partial charge on any atom is 0.171 e. The van der Waals surface area contributed by atoms with Gasteiger partial charge in [0.15, 0.2) is 10.3 Å². The van der Waals surface area contributed by atoms with E-state index in [4.69, 9.17) is 0 Å². The van der Waals surface area contributed by atoms with Gasteiger partial charge in [0.05, 0.1) is 0 Å². The molecule has 4 heteroatoms. The summed E-state index contributed by atoms with van der Waals surface area (Å²) in [6.45, 7) is 2.08. The molecule has 0 spiro atoms. The first-order valence-corrected chi connectivity index (χ1v) is 6.11. The van der Waals surface area contributed by atoms with Crippen LogP contribution in [0.3, 0.4) is 0 Å². The zero-order chi connectivity index (χ0) is 11.8. The Morgan fingerprint density at radius 1 is 1.18 bits per heavy atom. The first-order chi connectivity index (χ1) is 8.27.